The van der Waals surface area contributed by atoms with E-state index in [-0.39, 0.29) is 0 Å². The smallest absolute Gasteiger partial charge is 0.132 e. The number of ether oxygens (including phenoxy) is 1. The molecule has 0 saturated heterocycles. The van der Waals surface area contributed by atoms with Crippen molar-refractivity contribution in [2.75, 3.05) is 18.5 Å². The van der Waals surface area contributed by atoms with E-state index in [4.69, 9.17) is 10.00 Å². The molecule has 23 heavy (non-hydrogen) atoms. The third-order valence-corrected chi connectivity index (χ3v) is 3.59. The van der Waals surface area contributed by atoms with Crippen molar-refractivity contribution in [3.05, 3.63) is 47.3 Å². The van der Waals surface area contributed by atoms with E-state index in [2.05, 4.69) is 34.3 Å². The highest BCUT2D eigenvalue weighted by Gasteiger charge is 2.09. The van der Waals surface area contributed by atoms with Gasteiger partial charge in [0.15, 0.2) is 0 Å². The van der Waals surface area contributed by atoms with Crippen molar-refractivity contribution in [2.45, 2.75) is 33.1 Å². The summed E-state index contributed by atoms with van der Waals surface area (Å²) in [4.78, 5) is 8.72. The van der Waals surface area contributed by atoms with Gasteiger partial charge in [0.25, 0.3) is 0 Å². The fourth-order valence-corrected chi connectivity index (χ4v) is 2.31. The quantitative estimate of drug-likeness (QED) is 0.785. The van der Waals surface area contributed by atoms with Gasteiger partial charge < -0.3 is 10.1 Å². The van der Waals surface area contributed by atoms with Crippen molar-refractivity contribution >= 4 is 11.6 Å². The molecular formula is C18H22N4O. The van der Waals surface area contributed by atoms with Gasteiger partial charge in [0.2, 0.25) is 0 Å². The van der Waals surface area contributed by atoms with Gasteiger partial charge in [0, 0.05) is 25.1 Å². The summed E-state index contributed by atoms with van der Waals surface area (Å²) in [7, 11) is 0. The highest BCUT2D eigenvalue weighted by Crippen LogP contribution is 2.23. The highest BCUT2D eigenvalue weighted by atomic mass is 16.5. The van der Waals surface area contributed by atoms with Crippen molar-refractivity contribution in [3.8, 4) is 6.07 Å². The first-order chi connectivity index (χ1) is 11.1. The van der Waals surface area contributed by atoms with Crippen LogP contribution in [0, 0.1) is 18.3 Å². The summed E-state index contributed by atoms with van der Waals surface area (Å²) in [5.74, 6) is 1.75. The van der Waals surface area contributed by atoms with Crippen molar-refractivity contribution < 1.29 is 4.74 Å². The van der Waals surface area contributed by atoms with Gasteiger partial charge in [-0.1, -0.05) is 6.92 Å². The number of aromatic nitrogens is 2. The minimum atomic E-state index is 0.391. The number of anilines is 2. The SMILES string of the molecule is CCOCCC(C)c1cc(C)nc(Nc2cc(C#N)ccn2)c1. The number of rotatable bonds is 7. The van der Waals surface area contributed by atoms with Gasteiger partial charge in [-0.05, 0) is 56.0 Å². The fourth-order valence-electron chi connectivity index (χ4n) is 2.31. The predicted octanol–water partition coefficient (Wildman–Crippen LogP) is 3.93. The molecule has 0 aliphatic carbocycles. The molecule has 1 atom stereocenters. The van der Waals surface area contributed by atoms with Crippen molar-refractivity contribution in [3.63, 3.8) is 0 Å². The lowest BCUT2D eigenvalue weighted by Crippen LogP contribution is -2.04. The van der Waals surface area contributed by atoms with Crippen LogP contribution >= 0.6 is 0 Å². The number of nitrogens with zero attached hydrogens (tertiary/aromatic N) is 3. The molecule has 0 aliphatic heterocycles. The molecular weight excluding hydrogens is 288 g/mol. The van der Waals surface area contributed by atoms with E-state index in [0.29, 0.717) is 17.3 Å². The standard InChI is InChI=1S/C18H22N4O/c1-4-23-8-6-13(2)16-9-14(3)21-18(11-16)22-17-10-15(12-19)5-7-20-17/h5,7,9-11,13H,4,6,8H2,1-3H3,(H,20,21,22). The Labute approximate surface area is 137 Å². The molecule has 1 N–H and O–H groups in total. The maximum absolute atomic E-state index is 8.96. The normalized spacial score (nSPS) is 11.7. The van der Waals surface area contributed by atoms with Crippen LogP contribution in [0.5, 0.6) is 0 Å². The third kappa shape index (κ3) is 5.04. The summed E-state index contributed by atoms with van der Waals surface area (Å²) in [5.41, 5.74) is 2.74. The Hall–Kier alpha value is -2.45. The van der Waals surface area contributed by atoms with Gasteiger partial charge in [0.05, 0.1) is 11.6 Å². The number of nitrogens with one attached hydrogen (secondary N) is 1. The number of pyridine rings is 2. The Bertz CT molecular complexity index is 694. The molecule has 0 bridgehead atoms. The molecule has 0 amide bonds. The summed E-state index contributed by atoms with van der Waals surface area (Å²) in [6.45, 7) is 7.67. The lowest BCUT2D eigenvalue weighted by Gasteiger charge is -2.14. The maximum Gasteiger partial charge on any atom is 0.132 e. The molecule has 120 valence electrons. The molecule has 0 saturated carbocycles. The Morgan fingerprint density at radius 3 is 2.87 bits per heavy atom. The minimum absolute atomic E-state index is 0.391. The van der Waals surface area contributed by atoms with Crippen LogP contribution in [0.3, 0.4) is 0 Å². The molecule has 0 aliphatic rings. The fraction of sp³-hybridized carbons (Fsp3) is 0.389. The van der Waals surface area contributed by atoms with Crippen LogP contribution in [0.4, 0.5) is 11.6 Å². The second kappa shape index (κ2) is 8.25. The summed E-state index contributed by atoms with van der Waals surface area (Å²) in [5, 5.41) is 12.1. The topological polar surface area (TPSA) is 70.8 Å². The van der Waals surface area contributed by atoms with Gasteiger partial charge in [-0.2, -0.15) is 5.26 Å². The number of nitriles is 1. The summed E-state index contributed by atoms with van der Waals surface area (Å²) >= 11 is 0. The molecule has 2 rings (SSSR count). The van der Waals surface area contributed by atoms with Crippen molar-refractivity contribution in [2.24, 2.45) is 0 Å². The zero-order valence-electron chi connectivity index (χ0n) is 13.8. The molecule has 5 nitrogen and oxygen atoms in total. The molecule has 5 heteroatoms. The Morgan fingerprint density at radius 2 is 2.13 bits per heavy atom. The van der Waals surface area contributed by atoms with E-state index in [0.717, 1.165) is 31.1 Å². The Kier molecular flexibility index (Phi) is 6.07. The Balaban J connectivity index is 2.14. The van der Waals surface area contributed by atoms with Crippen molar-refractivity contribution in [1.82, 2.24) is 9.97 Å². The zero-order chi connectivity index (χ0) is 16.7. The molecule has 0 spiro atoms. The predicted molar refractivity (Wildman–Crippen MR) is 90.7 cm³/mol. The third-order valence-electron chi connectivity index (χ3n) is 3.59. The van der Waals surface area contributed by atoms with Gasteiger partial charge in [-0.25, -0.2) is 9.97 Å². The van der Waals surface area contributed by atoms with Gasteiger partial charge >= 0.3 is 0 Å². The highest BCUT2D eigenvalue weighted by molar-refractivity contribution is 5.55. The van der Waals surface area contributed by atoms with E-state index in [1.54, 1.807) is 18.3 Å². The Morgan fingerprint density at radius 1 is 1.30 bits per heavy atom. The lowest BCUT2D eigenvalue weighted by molar-refractivity contribution is 0.141. The number of hydrogen-bond donors (Lipinski definition) is 1. The van der Waals surface area contributed by atoms with Crippen LogP contribution in [-0.2, 0) is 4.74 Å². The summed E-state index contributed by atoms with van der Waals surface area (Å²) in [6, 6.07) is 9.63. The van der Waals surface area contributed by atoms with E-state index < -0.39 is 0 Å². The first-order valence-electron chi connectivity index (χ1n) is 7.82. The largest absolute Gasteiger partial charge is 0.382 e. The maximum atomic E-state index is 8.96. The van der Waals surface area contributed by atoms with E-state index in [1.807, 2.05) is 19.9 Å². The average molecular weight is 310 g/mol. The molecule has 0 aromatic carbocycles. The first kappa shape index (κ1) is 16.9. The second-order valence-electron chi connectivity index (χ2n) is 5.48. The number of hydrogen-bond acceptors (Lipinski definition) is 5. The number of aryl methyl sites for hydroxylation is 1. The van der Waals surface area contributed by atoms with Crippen LogP contribution in [-0.4, -0.2) is 23.2 Å². The molecule has 2 heterocycles. The van der Waals surface area contributed by atoms with E-state index in [1.165, 1.54) is 5.56 Å². The molecule has 2 aromatic rings. The molecule has 0 radical (unpaired) electrons. The summed E-state index contributed by atoms with van der Waals surface area (Å²) in [6.07, 6.45) is 2.58. The lowest BCUT2D eigenvalue weighted by atomic mass is 9.98. The first-order valence-corrected chi connectivity index (χ1v) is 7.82. The van der Waals surface area contributed by atoms with Gasteiger partial charge in [0.1, 0.15) is 11.6 Å². The van der Waals surface area contributed by atoms with Crippen LogP contribution in [0.25, 0.3) is 0 Å². The van der Waals surface area contributed by atoms with Crippen LogP contribution in [0.15, 0.2) is 30.5 Å². The molecule has 2 aromatic heterocycles. The van der Waals surface area contributed by atoms with Gasteiger partial charge in [-0.15, -0.1) is 0 Å². The van der Waals surface area contributed by atoms with Gasteiger partial charge in [-0.3, -0.25) is 0 Å². The van der Waals surface area contributed by atoms with Crippen molar-refractivity contribution in [1.29, 1.82) is 5.26 Å². The molecule has 0 fully saturated rings. The van der Waals surface area contributed by atoms with Crippen LogP contribution in [0.2, 0.25) is 0 Å². The molecule has 1 unspecified atom stereocenters. The zero-order valence-corrected chi connectivity index (χ0v) is 13.8. The van der Waals surface area contributed by atoms with E-state index in [9.17, 15) is 0 Å². The summed E-state index contributed by atoms with van der Waals surface area (Å²) < 4.78 is 5.44. The average Bonchev–Trinajstić information content (AvgIpc) is 2.54. The minimum Gasteiger partial charge on any atom is -0.382 e. The van der Waals surface area contributed by atoms with Crippen LogP contribution in [0.1, 0.15) is 43.0 Å². The second-order valence-corrected chi connectivity index (χ2v) is 5.48. The van der Waals surface area contributed by atoms with E-state index >= 15 is 0 Å². The monoisotopic (exact) mass is 310 g/mol. The van der Waals surface area contributed by atoms with Crippen LogP contribution < -0.4 is 5.32 Å².